The molecule has 0 saturated heterocycles. The van der Waals surface area contributed by atoms with Gasteiger partial charge >= 0.3 is 5.97 Å². The molecule has 0 bridgehead atoms. The molecule has 1 atom stereocenters. The van der Waals surface area contributed by atoms with E-state index in [1.54, 1.807) is 13.0 Å². The lowest BCUT2D eigenvalue weighted by molar-refractivity contribution is -0.137. The Morgan fingerprint density at radius 3 is 2.58 bits per heavy atom. The molecule has 6 heteroatoms. The van der Waals surface area contributed by atoms with Gasteiger partial charge in [-0.2, -0.15) is 0 Å². The first-order chi connectivity index (χ1) is 8.70. The van der Waals surface area contributed by atoms with E-state index in [4.69, 9.17) is 9.63 Å². The Labute approximate surface area is 112 Å². The summed E-state index contributed by atoms with van der Waals surface area (Å²) < 4.78 is 5.12. The molecule has 1 amide bonds. The number of nitrogens with one attached hydrogen (secondary N) is 1. The number of hydrogen-bond donors (Lipinski definition) is 2. The van der Waals surface area contributed by atoms with Crippen LogP contribution in [-0.4, -0.2) is 28.7 Å². The highest BCUT2D eigenvalue weighted by atomic mass is 16.5. The topological polar surface area (TPSA) is 92.4 Å². The van der Waals surface area contributed by atoms with E-state index in [0.29, 0.717) is 12.3 Å². The summed E-state index contributed by atoms with van der Waals surface area (Å²) in [5.74, 6) is -0.721. The highest BCUT2D eigenvalue weighted by molar-refractivity contribution is 5.92. The molecule has 1 aromatic heterocycles. The van der Waals surface area contributed by atoms with Gasteiger partial charge in [0.25, 0.3) is 5.91 Å². The molecule has 0 radical (unpaired) electrons. The van der Waals surface area contributed by atoms with Crippen molar-refractivity contribution in [3.05, 3.63) is 17.5 Å². The molecule has 0 aliphatic rings. The molecule has 0 saturated carbocycles. The van der Waals surface area contributed by atoms with Crippen molar-refractivity contribution in [3.63, 3.8) is 0 Å². The van der Waals surface area contributed by atoms with Crippen LogP contribution in [0.3, 0.4) is 0 Å². The molecule has 1 heterocycles. The van der Waals surface area contributed by atoms with Gasteiger partial charge in [-0.15, -0.1) is 0 Å². The van der Waals surface area contributed by atoms with Gasteiger partial charge in [-0.25, -0.2) is 0 Å². The molecule has 0 fully saturated rings. The third-order valence-corrected chi connectivity index (χ3v) is 2.62. The zero-order valence-electron chi connectivity index (χ0n) is 11.7. The van der Waals surface area contributed by atoms with E-state index in [-0.39, 0.29) is 29.4 Å². The molecule has 1 unspecified atom stereocenters. The maximum absolute atomic E-state index is 11.8. The van der Waals surface area contributed by atoms with Crippen molar-refractivity contribution >= 4 is 11.9 Å². The van der Waals surface area contributed by atoms with Crippen LogP contribution >= 0.6 is 0 Å². The molecule has 0 aliphatic carbocycles. The van der Waals surface area contributed by atoms with Crippen molar-refractivity contribution in [3.8, 4) is 0 Å². The standard InChI is InChI=1S/C13H20N2O4/c1-8(5-11(16)17)7-14-12(18)9-6-10(19-15-9)13(2,3)4/h6,8H,5,7H2,1-4H3,(H,14,18)(H,16,17). The Balaban J connectivity index is 2.55. The Bertz CT molecular complexity index is 459. The second kappa shape index (κ2) is 5.86. The summed E-state index contributed by atoms with van der Waals surface area (Å²) in [4.78, 5) is 22.3. The summed E-state index contributed by atoms with van der Waals surface area (Å²) >= 11 is 0. The zero-order valence-corrected chi connectivity index (χ0v) is 11.7. The monoisotopic (exact) mass is 268 g/mol. The minimum Gasteiger partial charge on any atom is -0.481 e. The average Bonchev–Trinajstić information content (AvgIpc) is 2.73. The van der Waals surface area contributed by atoms with Crippen LogP contribution in [0.5, 0.6) is 0 Å². The fourth-order valence-electron chi connectivity index (χ4n) is 1.46. The van der Waals surface area contributed by atoms with Gasteiger partial charge in [0.15, 0.2) is 5.69 Å². The Morgan fingerprint density at radius 2 is 2.11 bits per heavy atom. The minimum absolute atomic E-state index is 0.0202. The fraction of sp³-hybridized carbons (Fsp3) is 0.615. The normalized spacial score (nSPS) is 13.1. The largest absolute Gasteiger partial charge is 0.481 e. The van der Waals surface area contributed by atoms with Crippen LogP contribution in [0, 0.1) is 5.92 Å². The number of amides is 1. The number of aromatic nitrogens is 1. The maximum Gasteiger partial charge on any atom is 0.303 e. The predicted molar refractivity (Wildman–Crippen MR) is 69.0 cm³/mol. The Hall–Kier alpha value is -1.85. The molecule has 2 N–H and O–H groups in total. The number of nitrogens with zero attached hydrogens (tertiary/aromatic N) is 1. The smallest absolute Gasteiger partial charge is 0.303 e. The molecular weight excluding hydrogens is 248 g/mol. The van der Waals surface area contributed by atoms with Crippen molar-refractivity contribution < 1.29 is 19.2 Å². The van der Waals surface area contributed by atoms with Gasteiger partial charge in [0.05, 0.1) is 0 Å². The van der Waals surface area contributed by atoms with E-state index in [1.807, 2.05) is 20.8 Å². The number of carbonyl (C=O) groups is 2. The van der Waals surface area contributed by atoms with Crippen LogP contribution in [0.1, 0.15) is 50.4 Å². The number of carbonyl (C=O) groups excluding carboxylic acids is 1. The SMILES string of the molecule is CC(CNC(=O)c1cc(C(C)(C)C)on1)CC(=O)O. The second-order valence-electron chi connectivity index (χ2n) is 5.74. The lowest BCUT2D eigenvalue weighted by Gasteiger charge is -2.12. The summed E-state index contributed by atoms with van der Waals surface area (Å²) in [6, 6.07) is 1.61. The summed E-state index contributed by atoms with van der Waals surface area (Å²) in [6.45, 7) is 7.94. The summed E-state index contributed by atoms with van der Waals surface area (Å²) in [5.41, 5.74) is 0.00901. The van der Waals surface area contributed by atoms with Crippen molar-refractivity contribution in [2.75, 3.05) is 6.54 Å². The molecule has 1 aromatic rings. The van der Waals surface area contributed by atoms with Gasteiger partial charge in [0, 0.05) is 24.4 Å². The second-order valence-corrected chi connectivity index (χ2v) is 5.74. The number of hydrogen-bond acceptors (Lipinski definition) is 4. The van der Waals surface area contributed by atoms with E-state index < -0.39 is 5.97 Å². The van der Waals surface area contributed by atoms with Crippen LogP contribution in [0.25, 0.3) is 0 Å². The van der Waals surface area contributed by atoms with Gasteiger partial charge in [0.1, 0.15) is 5.76 Å². The number of carboxylic acid groups (broad SMARTS) is 1. The van der Waals surface area contributed by atoms with Crippen LogP contribution in [-0.2, 0) is 10.2 Å². The molecule has 0 aromatic carbocycles. The van der Waals surface area contributed by atoms with Gasteiger partial charge in [-0.05, 0) is 5.92 Å². The van der Waals surface area contributed by atoms with Gasteiger partial charge < -0.3 is 14.9 Å². The summed E-state index contributed by atoms with van der Waals surface area (Å²) in [5, 5.41) is 15.0. The van der Waals surface area contributed by atoms with Gasteiger partial charge in [-0.3, -0.25) is 9.59 Å². The lowest BCUT2D eigenvalue weighted by atomic mass is 9.93. The van der Waals surface area contributed by atoms with Crippen molar-refractivity contribution in [1.29, 1.82) is 0 Å². The average molecular weight is 268 g/mol. The number of carboxylic acids is 1. The third-order valence-electron chi connectivity index (χ3n) is 2.62. The summed E-state index contributed by atoms with van der Waals surface area (Å²) in [6.07, 6.45) is 0.0202. The quantitative estimate of drug-likeness (QED) is 0.849. The number of aliphatic carboxylic acids is 1. The van der Waals surface area contributed by atoms with Crippen molar-refractivity contribution in [1.82, 2.24) is 10.5 Å². The highest BCUT2D eigenvalue weighted by Gasteiger charge is 2.22. The van der Waals surface area contributed by atoms with Crippen LogP contribution in [0.2, 0.25) is 0 Å². The van der Waals surface area contributed by atoms with Crippen molar-refractivity contribution in [2.24, 2.45) is 5.92 Å². The fourth-order valence-corrected chi connectivity index (χ4v) is 1.46. The van der Waals surface area contributed by atoms with E-state index in [1.165, 1.54) is 0 Å². The molecule has 0 spiro atoms. The van der Waals surface area contributed by atoms with Gasteiger partial charge in [-0.1, -0.05) is 32.9 Å². The molecule has 0 aliphatic heterocycles. The first kappa shape index (κ1) is 15.2. The minimum atomic E-state index is -0.877. The van der Waals surface area contributed by atoms with Crippen LogP contribution in [0.15, 0.2) is 10.6 Å². The van der Waals surface area contributed by atoms with E-state index in [2.05, 4.69) is 10.5 Å². The molecular formula is C13H20N2O4. The van der Waals surface area contributed by atoms with E-state index >= 15 is 0 Å². The zero-order chi connectivity index (χ0) is 14.6. The Kier molecular flexibility index (Phi) is 4.69. The number of rotatable bonds is 5. The maximum atomic E-state index is 11.8. The molecule has 19 heavy (non-hydrogen) atoms. The van der Waals surface area contributed by atoms with Crippen LogP contribution in [0.4, 0.5) is 0 Å². The first-order valence-corrected chi connectivity index (χ1v) is 6.17. The van der Waals surface area contributed by atoms with Crippen molar-refractivity contribution in [2.45, 2.75) is 39.5 Å². The molecule has 106 valence electrons. The predicted octanol–water partition coefficient (Wildman–Crippen LogP) is 1.81. The molecule has 1 rings (SSSR count). The lowest BCUT2D eigenvalue weighted by Crippen LogP contribution is -2.29. The third kappa shape index (κ3) is 4.73. The van der Waals surface area contributed by atoms with E-state index in [9.17, 15) is 9.59 Å². The van der Waals surface area contributed by atoms with Crippen LogP contribution < -0.4 is 5.32 Å². The van der Waals surface area contributed by atoms with Gasteiger partial charge in [0.2, 0.25) is 0 Å². The highest BCUT2D eigenvalue weighted by Crippen LogP contribution is 2.22. The molecule has 6 nitrogen and oxygen atoms in total. The first-order valence-electron chi connectivity index (χ1n) is 6.17. The Morgan fingerprint density at radius 1 is 1.47 bits per heavy atom. The summed E-state index contributed by atoms with van der Waals surface area (Å²) in [7, 11) is 0. The van der Waals surface area contributed by atoms with E-state index in [0.717, 1.165) is 0 Å².